The summed E-state index contributed by atoms with van der Waals surface area (Å²) < 4.78 is 12.8. The van der Waals surface area contributed by atoms with Gasteiger partial charge in [0.05, 0.1) is 4.47 Å². The van der Waals surface area contributed by atoms with E-state index in [2.05, 4.69) is 15.9 Å². The summed E-state index contributed by atoms with van der Waals surface area (Å²) in [4.78, 5) is 0. The maximum Gasteiger partial charge on any atom is 0.137 e. The van der Waals surface area contributed by atoms with E-state index >= 15 is 0 Å². The first-order valence-electron chi connectivity index (χ1n) is 2.21. The molecule has 0 spiro atoms. The van der Waals surface area contributed by atoms with Gasteiger partial charge in [0, 0.05) is 0 Å². The van der Waals surface area contributed by atoms with Crippen molar-refractivity contribution in [3.8, 4) is 0 Å². The Hall–Kier alpha value is 0.360. The van der Waals surface area contributed by atoms with Crippen molar-refractivity contribution in [3.63, 3.8) is 0 Å². The topological polar surface area (TPSA) is 0 Å². The Labute approximate surface area is 78.6 Å². The summed E-state index contributed by atoms with van der Waals surface area (Å²) in [5, 5.41) is 0. The minimum absolute atomic E-state index is 0. The highest BCUT2D eigenvalue weighted by Gasteiger charge is 1.90. The highest BCUT2D eigenvalue weighted by molar-refractivity contribution is 14.0. The molecule has 0 aromatic heterocycles. The highest BCUT2D eigenvalue weighted by Crippen LogP contribution is 2.12. The van der Waals surface area contributed by atoms with Crippen LogP contribution in [0.1, 0.15) is 0 Å². The molecule has 0 aliphatic rings. The van der Waals surface area contributed by atoms with Gasteiger partial charge in [0.2, 0.25) is 0 Å². The Bertz CT molecular complexity index is 169. The molecule has 1 rings (SSSR count). The minimum Gasteiger partial charge on any atom is -0.206 e. The largest absolute Gasteiger partial charge is 0.206 e. The first-order chi connectivity index (χ1) is 3.80. The molecule has 1 aromatic rings. The quantitative estimate of drug-likeness (QED) is 0.646. The molecular weight excluding hydrogens is 298 g/mol. The van der Waals surface area contributed by atoms with Crippen LogP contribution >= 0.6 is 39.9 Å². The summed E-state index contributed by atoms with van der Waals surface area (Å²) in [5.74, 6) is -0.215. The molecule has 0 fully saturated rings. The van der Waals surface area contributed by atoms with E-state index in [9.17, 15) is 4.39 Å². The van der Waals surface area contributed by atoms with Gasteiger partial charge in [0.25, 0.3) is 0 Å². The van der Waals surface area contributed by atoms with Crippen molar-refractivity contribution in [1.29, 1.82) is 0 Å². The zero-order chi connectivity index (χ0) is 5.98. The number of hydrogen-bond donors (Lipinski definition) is 0. The SMILES string of the molecule is Fc1ccccc1Br.I. The van der Waals surface area contributed by atoms with Crippen LogP contribution in [0.3, 0.4) is 0 Å². The second kappa shape index (κ2) is 4.22. The number of benzene rings is 1. The van der Waals surface area contributed by atoms with Crippen LogP contribution < -0.4 is 0 Å². The van der Waals surface area contributed by atoms with Gasteiger partial charge < -0.3 is 0 Å². The second-order valence-corrected chi connectivity index (χ2v) is 2.27. The molecule has 3 heteroatoms. The fraction of sp³-hybridized carbons (Fsp3) is 0. The van der Waals surface area contributed by atoms with E-state index in [4.69, 9.17) is 0 Å². The lowest BCUT2D eigenvalue weighted by Gasteiger charge is -1.87. The van der Waals surface area contributed by atoms with Gasteiger partial charge in [-0.3, -0.25) is 0 Å². The van der Waals surface area contributed by atoms with Gasteiger partial charge in [0.1, 0.15) is 5.82 Å². The smallest absolute Gasteiger partial charge is 0.137 e. The molecule has 0 radical (unpaired) electrons. The molecule has 0 aliphatic carbocycles. The molecular formula is C6H5BrFI. The second-order valence-electron chi connectivity index (χ2n) is 1.41. The Morgan fingerprint density at radius 3 is 2.11 bits per heavy atom. The molecule has 50 valence electrons. The molecule has 0 amide bonds. The summed E-state index contributed by atoms with van der Waals surface area (Å²) >= 11 is 3.02. The average molecular weight is 303 g/mol. The Morgan fingerprint density at radius 1 is 1.22 bits per heavy atom. The van der Waals surface area contributed by atoms with Gasteiger partial charge in [-0.1, -0.05) is 12.1 Å². The molecule has 0 aliphatic heterocycles. The van der Waals surface area contributed by atoms with Crippen LogP contribution in [0.2, 0.25) is 0 Å². The van der Waals surface area contributed by atoms with Gasteiger partial charge >= 0.3 is 0 Å². The van der Waals surface area contributed by atoms with Crippen LogP contribution in [0, 0.1) is 5.82 Å². The maximum absolute atomic E-state index is 12.3. The molecule has 0 bridgehead atoms. The molecule has 0 N–H and O–H groups in total. The lowest BCUT2D eigenvalue weighted by atomic mass is 10.4. The van der Waals surface area contributed by atoms with E-state index in [1.165, 1.54) is 6.07 Å². The zero-order valence-corrected chi connectivity index (χ0v) is 8.39. The third-order valence-corrected chi connectivity index (χ3v) is 1.47. The monoisotopic (exact) mass is 302 g/mol. The number of halogens is 3. The van der Waals surface area contributed by atoms with Crippen LogP contribution in [0.4, 0.5) is 4.39 Å². The molecule has 0 nitrogen and oxygen atoms in total. The summed E-state index contributed by atoms with van der Waals surface area (Å²) in [6, 6.07) is 6.49. The van der Waals surface area contributed by atoms with Crippen LogP contribution in [-0.2, 0) is 0 Å². The zero-order valence-electron chi connectivity index (χ0n) is 4.47. The molecule has 0 saturated heterocycles. The molecule has 0 unspecified atom stereocenters. The van der Waals surface area contributed by atoms with Gasteiger partial charge in [-0.25, -0.2) is 4.39 Å². The molecule has 0 atom stereocenters. The number of hydrogen-bond acceptors (Lipinski definition) is 0. The van der Waals surface area contributed by atoms with E-state index in [0.717, 1.165) is 0 Å². The van der Waals surface area contributed by atoms with Crippen molar-refractivity contribution in [3.05, 3.63) is 34.6 Å². The molecule has 0 saturated carbocycles. The van der Waals surface area contributed by atoms with Crippen molar-refractivity contribution in [1.82, 2.24) is 0 Å². The summed E-state index contributed by atoms with van der Waals surface area (Å²) in [6.45, 7) is 0. The van der Waals surface area contributed by atoms with Crippen molar-refractivity contribution in [2.24, 2.45) is 0 Å². The standard InChI is InChI=1S/C6H4BrF.HI/c7-5-3-1-2-4-6(5)8;/h1-4H;1H. The van der Waals surface area contributed by atoms with Crippen molar-refractivity contribution in [2.75, 3.05) is 0 Å². The molecule has 0 heterocycles. The Morgan fingerprint density at radius 2 is 1.78 bits per heavy atom. The van der Waals surface area contributed by atoms with Crippen LogP contribution in [0.5, 0.6) is 0 Å². The van der Waals surface area contributed by atoms with Gasteiger partial charge in [0.15, 0.2) is 0 Å². The summed E-state index contributed by atoms with van der Waals surface area (Å²) in [7, 11) is 0. The summed E-state index contributed by atoms with van der Waals surface area (Å²) in [6.07, 6.45) is 0. The highest BCUT2D eigenvalue weighted by atomic mass is 127. The maximum atomic E-state index is 12.3. The Kier molecular flexibility index (Phi) is 4.39. The predicted molar refractivity (Wildman–Crippen MR) is 49.5 cm³/mol. The summed E-state index contributed by atoms with van der Waals surface area (Å²) in [5.41, 5.74) is 0. The van der Waals surface area contributed by atoms with E-state index < -0.39 is 0 Å². The lowest BCUT2D eigenvalue weighted by Crippen LogP contribution is -1.70. The first-order valence-corrected chi connectivity index (χ1v) is 3.00. The minimum atomic E-state index is -0.215. The van der Waals surface area contributed by atoms with E-state index in [1.807, 2.05) is 0 Å². The predicted octanol–water partition coefficient (Wildman–Crippen LogP) is 3.21. The van der Waals surface area contributed by atoms with Crippen LogP contribution in [0.15, 0.2) is 28.7 Å². The fourth-order valence-corrected chi connectivity index (χ4v) is 0.724. The first kappa shape index (κ1) is 9.36. The normalized spacial score (nSPS) is 8.22. The van der Waals surface area contributed by atoms with Crippen LogP contribution in [-0.4, -0.2) is 0 Å². The lowest BCUT2D eigenvalue weighted by molar-refractivity contribution is 0.621. The van der Waals surface area contributed by atoms with E-state index in [-0.39, 0.29) is 29.8 Å². The van der Waals surface area contributed by atoms with Crippen molar-refractivity contribution >= 4 is 39.9 Å². The third kappa shape index (κ3) is 2.62. The average Bonchev–Trinajstić information content (AvgIpc) is 1.77. The van der Waals surface area contributed by atoms with Crippen molar-refractivity contribution in [2.45, 2.75) is 0 Å². The van der Waals surface area contributed by atoms with Gasteiger partial charge in [-0.15, -0.1) is 24.0 Å². The Balaban J connectivity index is 0.000000640. The molecule has 1 aromatic carbocycles. The van der Waals surface area contributed by atoms with Crippen LogP contribution in [0.25, 0.3) is 0 Å². The van der Waals surface area contributed by atoms with E-state index in [0.29, 0.717) is 4.47 Å². The van der Waals surface area contributed by atoms with E-state index in [1.54, 1.807) is 18.2 Å². The van der Waals surface area contributed by atoms with Gasteiger partial charge in [-0.2, -0.15) is 0 Å². The van der Waals surface area contributed by atoms with Gasteiger partial charge in [-0.05, 0) is 28.1 Å². The third-order valence-electron chi connectivity index (χ3n) is 0.824. The fourth-order valence-electron chi connectivity index (χ4n) is 0.439. The molecule has 9 heavy (non-hydrogen) atoms. The number of rotatable bonds is 0. The van der Waals surface area contributed by atoms with Crippen molar-refractivity contribution < 1.29 is 4.39 Å².